The summed E-state index contributed by atoms with van der Waals surface area (Å²) in [5.41, 5.74) is 3.37. The van der Waals surface area contributed by atoms with Crippen molar-refractivity contribution in [3.05, 3.63) is 53.7 Å². The monoisotopic (exact) mass is 502 g/mol. The van der Waals surface area contributed by atoms with Crippen molar-refractivity contribution in [2.24, 2.45) is 5.41 Å². The zero-order valence-corrected chi connectivity index (χ0v) is 21.8. The molecule has 1 spiro atoms. The Morgan fingerprint density at radius 2 is 1.72 bits per heavy atom. The number of pyridine rings is 1. The van der Waals surface area contributed by atoms with E-state index >= 15 is 0 Å². The predicted molar refractivity (Wildman–Crippen MR) is 143 cm³/mol. The van der Waals surface area contributed by atoms with Crippen molar-refractivity contribution >= 4 is 23.4 Å². The van der Waals surface area contributed by atoms with E-state index in [2.05, 4.69) is 51.2 Å². The summed E-state index contributed by atoms with van der Waals surface area (Å²) in [5, 5.41) is 18.7. The molecule has 7 nitrogen and oxygen atoms in total. The molecule has 0 saturated carbocycles. The van der Waals surface area contributed by atoms with Gasteiger partial charge in [0.15, 0.2) is 0 Å². The molecule has 0 bridgehead atoms. The number of amides is 1. The van der Waals surface area contributed by atoms with Crippen molar-refractivity contribution in [2.45, 2.75) is 43.7 Å². The van der Waals surface area contributed by atoms with E-state index in [4.69, 9.17) is 10.5 Å². The van der Waals surface area contributed by atoms with Gasteiger partial charge in [-0.1, -0.05) is 12.1 Å². The number of carbonyl (C=O) groups excluding carboxylic acids is 1. The molecule has 2 aromatic rings. The number of anilines is 1. The van der Waals surface area contributed by atoms with E-state index in [0.29, 0.717) is 31.3 Å². The molecule has 0 atom stereocenters. The second-order valence-electron chi connectivity index (χ2n) is 9.78. The number of nitrogens with zero attached hydrogens (tertiary/aromatic N) is 6. The minimum absolute atomic E-state index is 0.107. The lowest BCUT2D eigenvalue weighted by atomic mass is 9.77. The van der Waals surface area contributed by atoms with Gasteiger partial charge in [-0.2, -0.15) is 10.5 Å². The van der Waals surface area contributed by atoms with Crippen LogP contribution in [0, 0.1) is 28.1 Å². The zero-order chi connectivity index (χ0) is 25.4. The van der Waals surface area contributed by atoms with Crippen molar-refractivity contribution in [3.8, 4) is 12.1 Å². The van der Waals surface area contributed by atoms with Gasteiger partial charge in [-0.25, -0.2) is 4.98 Å². The second-order valence-corrected chi connectivity index (χ2v) is 10.6. The summed E-state index contributed by atoms with van der Waals surface area (Å²) in [6, 6.07) is 16.7. The van der Waals surface area contributed by atoms with Gasteiger partial charge in [0.2, 0.25) is 0 Å². The van der Waals surface area contributed by atoms with Gasteiger partial charge in [-0.05, 0) is 67.3 Å². The highest BCUT2D eigenvalue weighted by Crippen LogP contribution is 2.41. The molecule has 4 rings (SSSR count). The Kier molecular flexibility index (Phi) is 8.85. The third-order valence-electron chi connectivity index (χ3n) is 7.52. The Balaban J connectivity index is 1.30. The average molecular weight is 503 g/mol. The standard InChI is InChI=1S/C28H34N6OS/c1-36-26-25(5-2-15-31-26)27(35)34-19-11-28(12-20-34)10-18-32(22-28)21-23-6-8-24(9-7-23)33(16-3-13-29)17-4-14-30/h2,5-9,15H,3-4,10-12,16-22H2,1H3. The Bertz CT molecular complexity index is 1100. The second kappa shape index (κ2) is 12.3. The summed E-state index contributed by atoms with van der Waals surface area (Å²) >= 11 is 1.52. The van der Waals surface area contributed by atoms with Crippen LogP contribution in [-0.2, 0) is 6.54 Å². The molecule has 3 heterocycles. The SMILES string of the molecule is CSc1ncccc1C(=O)N1CCC2(CCN(Cc3ccc(N(CCC#N)CCC#N)cc3)C2)CC1. The molecule has 1 aromatic carbocycles. The number of thioether (sulfide) groups is 1. The summed E-state index contributed by atoms with van der Waals surface area (Å²) in [5.74, 6) is 0.107. The summed E-state index contributed by atoms with van der Waals surface area (Å²) in [6.07, 6.45) is 7.90. The van der Waals surface area contributed by atoms with Gasteiger partial charge in [0, 0.05) is 51.2 Å². The molecule has 188 valence electrons. The third kappa shape index (κ3) is 6.19. The maximum atomic E-state index is 13.1. The molecule has 2 fully saturated rings. The number of hydrogen-bond acceptors (Lipinski definition) is 7. The number of carbonyl (C=O) groups is 1. The molecular formula is C28H34N6OS. The number of piperidine rings is 1. The molecule has 2 saturated heterocycles. The molecule has 2 aliphatic heterocycles. The Hall–Kier alpha value is -3.07. The first-order chi connectivity index (χ1) is 17.6. The fourth-order valence-corrected chi connectivity index (χ4v) is 5.99. The maximum absolute atomic E-state index is 13.1. The average Bonchev–Trinajstić information content (AvgIpc) is 3.30. The van der Waals surface area contributed by atoms with Crippen LogP contribution in [0.25, 0.3) is 0 Å². The third-order valence-corrected chi connectivity index (χ3v) is 8.23. The van der Waals surface area contributed by atoms with Gasteiger partial charge in [-0.15, -0.1) is 11.8 Å². The van der Waals surface area contributed by atoms with E-state index in [1.807, 2.05) is 23.3 Å². The van der Waals surface area contributed by atoms with Crippen LogP contribution in [0.1, 0.15) is 48.0 Å². The van der Waals surface area contributed by atoms with Gasteiger partial charge in [0.05, 0.1) is 30.5 Å². The first-order valence-electron chi connectivity index (χ1n) is 12.7. The summed E-state index contributed by atoms with van der Waals surface area (Å²) in [4.78, 5) is 24.1. The predicted octanol–water partition coefficient (Wildman–Crippen LogP) is 4.57. The van der Waals surface area contributed by atoms with Crippen LogP contribution in [0.5, 0.6) is 0 Å². The molecule has 0 N–H and O–H groups in total. The van der Waals surface area contributed by atoms with Crippen molar-refractivity contribution in [2.75, 3.05) is 50.4 Å². The van der Waals surface area contributed by atoms with Gasteiger partial charge in [0.1, 0.15) is 5.03 Å². The van der Waals surface area contributed by atoms with Crippen LogP contribution in [0.4, 0.5) is 5.69 Å². The molecule has 0 unspecified atom stereocenters. The van der Waals surface area contributed by atoms with E-state index in [1.54, 1.807) is 6.20 Å². The number of benzene rings is 1. The lowest BCUT2D eigenvalue weighted by molar-refractivity contribution is 0.0584. The summed E-state index contributed by atoms with van der Waals surface area (Å²) < 4.78 is 0. The number of aromatic nitrogens is 1. The fraction of sp³-hybridized carbons (Fsp3) is 0.500. The highest BCUT2D eigenvalue weighted by atomic mass is 32.2. The van der Waals surface area contributed by atoms with Crippen molar-refractivity contribution < 1.29 is 4.79 Å². The highest BCUT2D eigenvalue weighted by Gasteiger charge is 2.41. The minimum Gasteiger partial charge on any atom is -0.369 e. The van der Waals surface area contributed by atoms with Crippen LogP contribution in [0.3, 0.4) is 0 Å². The molecule has 0 aliphatic carbocycles. The molecule has 8 heteroatoms. The molecule has 1 aromatic heterocycles. The van der Waals surface area contributed by atoms with Gasteiger partial charge in [0.25, 0.3) is 5.91 Å². The molecular weight excluding hydrogens is 468 g/mol. The number of hydrogen-bond donors (Lipinski definition) is 0. The highest BCUT2D eigenvalue weighted by molar-refractivity contribution is 7.98. The van der Waals surface area contributed by atoms with Crippen molar-refractivity contribution in [3.63, 3.8) is 0 Å². The Morgan fingerprint density at radius 1 is 1.06 bits per heavy atom. The topological polar surface area (TPSA) is 87.3 Å². The fourth-order valence-electron chi connectivity index (χ4n) is 5.45. The molecule has 1 amide bonds. The van der Waals surface area contributed by atoms with Gasteiger partial charge >= 0.3 is 0 Å². The number of nitriles is 2. The normalized spacial score (nSPS) is 17.0. The summed E-state index contributed by atoms with van der Waals surface area (Å²) in [7, 11) is 0. The maximum Gasteiger partial charge on any atom is 0.256 e. The van der Waals surface area contributed by atoms with E-state index < -0.39 is 0 Å². The Labute approximate surface area is 218 Å². The Morgan fingerprint density at radius 3 is 2.36 bits per heavy atom. The first kappa shape index (κ1) is 26.0. The number of likely N-dealkylation sites (tertiary alicyclic amines) is 2. The van der Waals surface area contributed by atoms with Crippen LogP contribution in [-0.4, -0.2) is 66.2 Å². The lowest BCUT2D eigenvalue weighted by Gasteiger charge is -2.39. The minimum atomic E-state index is 0.107. The van der Waals surface area contributed by atoms with Gasteiger partial charge in [-0.3, -0.25) is 9.69 Å². The van der Waals surface area contributed by atoms with E-state index in [9.17, 15) is 4.79 Å². The molecule has 0 radical (unpaired) electrons. The lowest BCUT2D eigenvalue weighted by Crippen LogP contribution is -2.44. The summed E-state index contributed by atoms with van der Waals surface area (Å²) in [6.45, 7) is 6.00. The van der Waals surface area contributed by atoms with Crippen LogP contribution >= 0.6 is 11.8 Å². The van der Waals surface area contributed by atoms with Crippen LogP contribution in [0.2, 0.25) is 0 Å². The van der Waals surface area contributed by atoms with E-state index in [-0.39, 0.29) is 5.91 Å². The molecule has 36 heavy (non-hydrogen) atoms. The van der Waals surface area contributed by atoms with Gasteiger partial charge < -0.3 is 9.80 Å². The van der Waals surface area contributed by atoms with E-state index in [0.717, 1.165) is 61.8 Å². The van der Waals surface area contributed by atoms with Crippen LogP contribution in [0.15, 0.2) is 47.6 Å². The van der Waals surface area contributed by atoms with Crippen molar-refractivity contribution in [1.29, 1.82) is 10.5 Å². The first-order valence-corrected chi connectivity index (χ1v) is 13.9. The zero-order valence-electron chi connectivity index (χ0n) is 21.0. The quantitative estimate of drug-likeness (QED) is 0.464. The number of rotatable bonds is 9. The van der Waals surface area contributed by atoms with Crippen LogP contribution < -0.4 is 4.90 Å². The van der Waals surface area contributed by atoms with Crippen molar-refractivity contribution in [1.82, 2.24) is 14.8 Å². The molecule has 2 aliphatic rings. The van der Waals surface area contributed by atoms with E-state index in [1.165, 1.54) is 23.7 Å². The largest absolute Gasteiger partial charge is 0.369 e. The smallest absolute Gasteiger partial charge is 0.256 e.